The lowest BCUT2D eigenvalue weighted by Crippen LogP contribution is -2.35. The summed E-state index contributed by atoms with van der Waals surface area (Å²) in [6, 6.07) is 5.06. The van der Waals surface area contributed by atoms with Gasteiger partial charge in [0.05, 0.1) is 12.0 Å². The van der Waals surface area contributed by atoms with Gasteiger partial charge < -0.3 is 14.6 Å². The van der Waals surface area contributed by atoms with Crippen molar-refractivity contribution in [2.24, 2.45) is 11.3 Å². The number of nitrogens with zero attached hydrogens (tertiary/aromatic N) is 1. The van der Waals surface area contributed by atoms with Gasteiger partial charge in [-0.2, -0.15) is 8.78 Å². The number of hydrogen-bond acceptors (Lipinski definition) is 4. The van der Waals surface area contributed by atoms with Crippen LogP contribution in [0.15, 0.2) is 18.2 Å². The van der Waals surface area contributed by atoms with Crippen LogP contribution in [0.1, 0.15) is 31.7 Å². The predicted octanol–water partition coefficient (Wildman–Crippen LogP) is 3.37. The maximum Gasteiger partial charge on any atom is 0.387 e. The zero-order chi connectivity index (χ0) is 18.0. The van der Waals surface area contributed by atoms with Crippen molar-refractivity contribution in [2.75, 3.05) is 19.7 Å². The van der Waals surface area contributed by atoms with Crippen LogP contribution in [0.3, 0.4) is 0 Å². The Morgan fingerprint density at radius 3 is 2.92 bits per heavy atom. The number of likely N-dealkylation sites (tertiary alicyclic amines) is 1. The van der Waals surface area contributed by atoms with Crippen LogP contribution in [0.25, 0.3) is 0 Å². The van der Waals surface area contributed by atoms with Crippen LogP contribution in [0.5, 0.6) is 11.5 Å². The molecular weight excluding hydrogens is 332 g/mol. The molecule has 138 valence electrons. The van der Waals surface area contributed by atoms with Gasteiger partial charge >= 0.3 is 12.6 Å². The van der Waals surface area contributed by atoms with Crippen LogP contribution in [0.2, 0.25) is 0 Å². The molecule has 1 saturated carbocycles. The molecule has 2 fully saturated rings. The number of benzene rings is 1. The van der Waals surface area contributed by atoms with Crippen molar-refractivity contribution in [3.8, 4) is 11.5 Å². The molecule has 7 heteroatoms. The quantitative estimate of drug-likeness (QED) is 0.813. The van der Waals surface area contributed by atoms with Crippen LogP contribution in [-0.2, 0) is 11.3 Å². The highest BCUT2D eigenvalue weighted by molar-refractivity contribution is 5.76. The number of halogens is 2. The summed E-state index contributed by atoms with van der Waals surface area (Å²) in [6.45, 7) is 0.658. The normalized spacial score (nSPS) is 26.0. The van der Waals surface area contributed by atoms with E-state index in [0.717, 1.165) is 12.8 Å². The Kier molecular flexibility index (Phi) is 5.13. The van der Waals surface area contributed by atoms with Crippen molar-refractivity contribution in [3.63, 3.8) is 0 Å². The number of carboxylic acid groups (broad SMARTS) is 1. The summed E-state index contributed by atoms with van der Waals surface area (Å²) in [6.07, 6.45) is 2.52. The van der Waals surface area contributed by atoms with Crippen LogP contribution in [0, 0.1) is 11.3 Å². The minimum atomic E-state index is -2.94. The molecule has 0 unspecified atom stereocenters. The fourth-order valence-corrected chi connectivity index (χ4v) is 4.28. The molecule has 2 atom stereocenters. The second-order valence-electron chi connectivity index (χ2n) is 6.78. The van der Waals surface area contributed by atoms with E-state index in [1.54, 1.807) is 25.1 Å². The summed E-state index contributed by atoms with van der Waals surface area (Å²) in [5.41, 5.74) is -0.104. The van der Waals surface area contributed by atoms with Crippen molar-refractivity contribution in [1.82, 2.24) is 4.90 Å². The van der Waals surface area contributed by atoms with E-state index in [1.807, 2.05) is 4.90 Å². The maximum absolute atomic E-state index is 12.8. The first-order valence-electron chi connectivity index (χ1n) is 8.61. The number of alkyl halides is 2. The molecule has 0 bridgehead atoms. The van der Waals surface area contributed by atoms with Crippen molar-refractivity contribution in [3.05, 3.63) is 23.8 Å². The molecule has 1 aromatic rings. The standard InChI is InChI=1S/C18H23F2NO4/c1-2-24-14-7-3-5-12(15(14)25-17(19)20)9-21-10-13-6-4-8-18(13,11-21)16(22)23/h3,5,7,13,17H,2,4,6,8-11H2,1H3,(H,22,23)/t13-,18+/m0/s1. The molecular formula is C18H23F2NO4. The van der Waals surface area contributed by atoms with Gasteiger partial charge in [0, 0.05) is 25.2 Å². The van der Waals surface area contributed by atoms with E-state index >= 15 is 0 Å². The van der Waals surface area contributed by atoms with Crippen LogP contribution in [0.4, 0.5) is 8.78 Å². The number of carbonyl (C=O) groups is 1. The Bertz CT molecular complexity index is 640. The van der Waals surface area contributed by atoms with E-state index in [1.165, 1.54) is 0 Å². The van der Waals surface area contributed by atoms with Gasteiger partial charge in [0.15, 0.2) is 11.5 Å². The summed E-state index contributed by atoms with van der Waals surface area (Å²) < 4.78 is 35.7. The SMILES string of the molecule is CCOc1cccc(CN2C[C@@H]3CCC[C@@]3(C(=O)O)C2)c1OC(F)F. The molecule has 1 heterocycles. The van der Waals surface area contributed by atoms with Crippen molar-refractivity contribution < 1.29 is 28.2 Å². The zero-order valence-corrected chi connectivity index (χ0v) is 14.2. The number of carboxylic acids is 1. The maximum atomic E-state index is 12.8. The number of rotatable bonds is 7. The summed E-state index contributed by atoms with van der Waals surface area (Å²) in [5.74, 6) is -0.294. The highest BCUT2D eigenvalue weighted by Crippen LogP contribution is 2.49. The van der Waals surface area contributed by atoms with Gasteiger partial charge in [-0.3, -0.25) is 9.69 Å². The highest BCUT2D eigenvalue weighted by Gasteiger charge is 2.54. The van der Waals surface area contributed by atoms with E-state index < -0.39 is 18.0 Å². The number of fused-ring (bicyclic) bond motifs is 1. The van der Waals surface area contributed by atoms with Crippen LogP contribution >= 0.6 is 0 Å². The van der Waals surface area contributed by atoms with E-state index in [0.29, 0.717) is 38.2 Å². The molecule has 5 nitrogen and oxygen atoms in total. The minimum absolute atomic E-state index is 0.0424. The number of ether oxygens (including phenoxy) is 2. The van der Waals surface area contributed by atoms with E-state index in [4.69, 9.17) is 9.47 Å². The second kappa shape index (κ2) is 7.15. The van der Waals surface area contributed by atoms with Gasteiger partial charge in [0.25, 0.3) is 0 Å². The van der Waals surface area contributed by atoms with Crippen molar-refractivity contribution in [1.29, 1.82) is 0 Å². The summed E-state index contributed by atoms with van der Waals surface area (Å²) in [5, 5.41) is 9.68. The van der Waals surface area contributed by atoms with Crippen LogP contribution in [-0.4, -0.2) is 42.3 Å². The van der Waals surface area contributed by atoms with Crippen molar-refractivity contribution >= 4 is 5.97 Å². The molecule has 1 aliphatic heterocycles. The molecule has 3 rings (SSSR count). The first-order valence-corrected chi connectivity index (χ1v) is 8.61. The average Bonchev–Trinajstić information content (AvgIpc) is 3.08. The lowest BCUT2D eigenvalue weighted by molar-refractivity contribution is -0.149. The lowest BCUT2D eigenvalue weighted by atomic mass is 9.81. The Morgan fingerprint density at radius 1 is 1.48 bits per heavy atom. The summed E-state index contributed by atoms with van der Waals surface area (Å²) >= 11 is 0. The van der Waals surface area contributed by atoms with Gasteiger partial charge in [-0.05, 0) is 31.7 Å². The zero-order valence-electron chi connectivity index (χ0n) is 14.2. The summed E-state index contributed by atoms with van der Waals surface area (Å²) in [4.78, 5) is 13.8. The minimum Gasteiger partial charge on any atom is -0.490 e. The van der Waals surface area contributed by atoms with Gasteiger partial charge in [0.1, 0.15) is 0 Å². The summed E-state index contributed by atoms with van der Waals surface area (Å²) in [7, 11) is 0. The molecule has 0 amide bonds. The third kappa shape index (κ3) is 3.42. The second-order valence-corrected chi connectivity index (χ2v) is 6.78. The number of hydrogen-bond donors (Lipinski definition) is 1. The van der Waals surface area contributed by atoms with Gasteiger partial charge in [-0.15, -0.1) is 0 Å². The molecule has 0 spiro atoms. The first-order chi connectivity index (χ1) is 12.0. The third-order valence-corrected chi connectivity index (χ3v) is 5.33. The molecule has 1 N–H and O–H groups in total. The van der Waals surface area contributed by atoms with E-state index in [-0.39, 0.29) is 17.4 Å². The van der Waals surface area contributed by atoms with E-state index in [2.05, 4.69) is 0 Å². The molecule has 1 saturated heterocycles. The van der Waals surface area contributed by atoms with Crippen LogP contribution < -0.4 is 9.47 Å². The monoisotopic (exact) mass is 355 g/mol. The number of aliphatic carboxylic acids is 1. The molecule has 0 radical (unpaired) electrons. The molecule has 2 aliphatic rings. The Hall–Kier alpha value is -1.89. The van der Waals surface area contributed by atoms with Gasteiger partial charge in [-0.25, -0.2) is 0 Å². The Balaban J connectivity index is 1.81. The fraction of sp³-hybridized carbons (Fsp3) is 0.611. The van der Waals surface area contributed by atoms with Gasteiger partial charge in [-0.1, -0.05) is 18.6 Å². The molecule has 25 heavy (non-hydrogen) atoms. The largest absolute Gasteiger partial charge is 0.490 e. The number of para-hydroxylation sites is 1. The van der Waals surface area contributed by atoms with Crippen molar-refractivity contribution in [2.45, 2.75) is 39.3 Å². The third-order valence-electron chi connectivity index (χ3n) is 5.33. The van der Waals surface area contributed by atoms with Gasteiger partial charge in [0.2, 0.25) is 0 Å². The Labute approximate surface area is 145 Å². The Morgan fingerprint density at radius 2 is 2.28 bits per heavy atom. The van der Waals surface area contributed by atoms with E-state index in [9.17, 15) is 18.7 Å². The molecule has 1 aliphatic carbocycles. The topological polar surface area (TPSA) is 59.0 Å². The highest BCUT2D eigenvalue weighted by atomic mass is 19.3. The first kappa shape index (κ1) is 17.9. The fourth-order valence-electron chi connectivity index (χ4n) is 4.28. The average molecular weight is 355 g/mol. The molecule has 1 aromatic carbocycles. The lowest BCUT2D eigenvalue weighted by Gasteiger charge is -2.24. The smallest absolute Gasteiger partial charge is 0.387 e. The predicted molar refractivity (Wildman–Crippen MR) is 86.9 cm³/mol. The molecule has 0 aromatic heterocycles.